The first-order valence-corrected chi connectivity index (χ1v) is 11.9. The number of amides is 1. The molecule has 2 aromatic carbocycles. The van der Waals surface area contributed by atoms with Crippen LogP contribution in [-0.4, -0.2) is 47.8 Å². The number of fused-ring (bicyclic) bond motifs is 1. The molecule has 1 aliphatic rings. The van der Waals surface area contributed by atoms with Crippen molar-refractivity contribution in [1.29, 1.82) is 0 Å². The van der Waals surface area contributed by atoms with Crippen LogP contribution in [0, 0.1) is 13.8 Å². The van der Waals surface area contributed by atoms with E-state index >= 15 is 0 Å². The van der Waals surface area contributed by atoms with Crippen molar-refractivity contribution in [3.05, 3.63) is 59.8 Å². The zero-order valence-corrected chi connectivity index (χ0v) is 20.3. The van der Waals surface area contributed by atoms with Crippen LogP contribution in [0.3, 0.4) is 0 Å². The number of carbonyl (C=O) groups is 1. The Morgan fingerprint density at radius 2 is 1.62 bits per heavy atom. The third kappa shape index (κ3) is 5.18. The second-order valence-corrected chi connectivity index (χ2v) is 10.5. The Kier molecular flexibility index (Phi) is 6.33. The van der Waals surface area contributed by atoms with Gasteiger partial charge in [0.05, 0.1) is 0 Å². The van der Waals surface area contributed by atoms with Crippen molar-refractivity contribution < 1.29 is 9.53 Å². The molecule has 0 saturated carbocycles. The molecule has 5 nitrogen and oxygen atoms in total. The minimum Gasteiger partial charge on any atom is -0.444 e. The fourth-order valence-corrected chi connectivity index (χ4v) is 4.75. The van der Waals surface area contributed by atoms with Crippen LogP contribution >= 0.6 is 11.8 Å². The summed E-state index contributed by atoms with van der Waals surface area (Å²) in [6.45, 7) is 12.7. The second kappa shape index (κ2) is 9.02. The summed E-state index contributed by atoms with van der Waals surface area (Å²) >= 11 is 1.77. The summed E-state index contributed by atoms with van der Waals surface area (Å²) in [4.78, 5) is 23.6. The molecule has 0 atom stereocenters. The molecular weight excluding hydrogens is 418 g/mol. The van der Waals surface area contributed by atoms with Gasteiger partial charge in [-0.3, -0.25) is 0 Å². The molecule has 6 heteroatoms. The number of aromatic nitrogens is 1. The zero-order chi connectivity index (χ0) is 22.9. The van der Waals surface area contributed by atoms with Crippen LogP contribution < -0.4 is 4.90 Å². The van der Waals surface area contributed by atoms with E-state index in [4.69, 9.17) is 9.72 Å². The van der Waals surface area contributed by atoms with Crippen molar-refractivity contribution >= 4 is 34.4 Å². The first kappa shape index (κ1) is 22.5. The molecule has 0 unspecified atom stereocenters. The van der Waals surface area contributed by atoms with Gasteiger partial charge in [-0.2, -0.15) is 0 Å². The summed E-state index contributed by atoms with van der Waals surface area (Å²) in [6.07, 6.45) is 1.63. The first-order valence-electron chi connectivity index (χ1n) is 11.1. The topological polar surface area (TPSA) is 45.7 Å². The normalized spacial score (nSPS) is 14.7. The maximum absolute atomic E-state index is 12.4. The van der Waals surface area contributed by atoms with Crippen molar-refractivity contribution in [2.45, 2.75) is 50.0 Å². The van der Waals surface area contributed by atoms with E-state index in [0.29, 0.717) is 13.1 Å². The SMILES string of the molecule is Cc1ccc(Sc2ccc3ccnc(N4CCN(C(=O)OC(C)(C)C)CC4)c3c2)cc1C. The Hall–Kier alpha value is -2.73. The molecule has 168 valence electrons. The molecule has 1 fully saturated rings. The van der Waals surface area contributed by atoms with E-state index < -0.39 is 5.60 Å². The molecule has 0 aliphatic carbocycles. The number of hydrogen-bond acceptors (Lipinski definition) is 5. The third-order valence-corrected chi connectivity index (χ3v) is 6.64. The highest BCUT2D eigenvalue weighted by molar-refractivity contribution is 7.99. The Morgan fingerprint density at radius 1 is 0.938 bits per heavy atom. The molecule has 0 radical (unpaired) electrons. The van der Waals surface area contributed by atoms with E-state index in [1.54, 1.807) is 16.7 Å². The van der Waals surface area contributed by atoms with Gasteiger partial charge in [0.15, 0.2) is 0 Å². The quantitative estimate of drug-likeness (QED) is 0.486. The van der Waals surface area contributed by atoms with E-state index in [1.165, 1.54) is 26.3 Å². The number of aryl methyl sites for hydroxylation is 2. The van der Waals surface area contributed by atoms with Crippen molar-refractivity contribution in [1.82, 2.24) is 9.88 Å². The van der Waals surface area contributed by atoms with E-state index in [0.717, 1.165) is 24.3 Å². The maximum Gasteiger partial charge on any atom is 0.410 e. The summed E-state index contributed by atoms with van der Waals surface area (Å²) < 4.78 is 5.53. The van der Waals surface area contributed by atoms with Gasteiger partial charge < -0.3 is 14.5 Å². The smallest absolute Gasteiger partial charge is 0.410 e. The fraction of sp³-hybridized carbons (Fsp3) is 0.385. The van der Waals surface area contributed by atoms with Gasteiger partial charge in [0.2, 0.25) is 0 Å². The van der Waals surface area contributed by atoms with Gasteiger partial charge in [-0.05, 0) is 81.5 Å². The van der Waals surface area contributed by atoms with Gasteiger partial charge in [0.25, 0.3) is 0 Å². The van der Waals surface area contributed by atoms with E-state index in [-0.39, 0.29) is 6.09 Å². The lowest BCUT2D eigenvalue weighted by Crippen LogP contribution is -2.50. The van der Waals surface area contributed by atoms with Crippen LogP contribution in [0.2, 0.25) is 0 Å². The van der Waals surface area contributed by atoms with Gasteiger partial charge in [-0.1, -0.05) is 23.9 Å². The van der Waals surface area contributed by atoms with E-state index in [9.17, 15) is 4.79 Å². The van der Waals surface area contributed by atoms with Crippen molar-refractivity contribution in [2.24, 2.45) is 0 Å². The molecule has 3 aromatic rings. The highest BCUT2D eigenvalue weighted by Crippen LogP contribution is 2.34. The molecule has 32 heavy (non-hydrogen) atoms. The van der Waals surface area contributed by atoms with Crippen LogP contribution in [0.5, 0.6) is 0 Å². The first-order chi connectivity index (χ1) is 15.2. The highest BCUT2D eigenvalue weighted by Gasteiger charge is 2.26. The largest absolute Gasteiger partial charge is 0.444 e. The summed E-state index contributed by atoms with van der Waals surface area (Å²) in [6, 6.07) is 15.2. The number of rotatable bonds is 3. The lowest BCUT2D eigenvalue weighted by atomic mass is 10.1. The van der Waals surface area contributed by atoms with E-state index in [1.807, 2.05) is 27.0 Å². The summed E-state index contributed by atoms with van der Waals surface area (Å²) in [5, 5.41) is 2.32. The minimum absolute atomic E-state index is 0.241. The lowest BCUT2D eigenvalue weighted by molar-refractivity contribution is 0.0240. The average molecular weight is 450 g/mol. The number of hydrogen-bond donors (Lipinski definition) is 0. The molecular formula is C26H31N3O2S. The van der Waals surface area contributed by atoms with Crippen LogP contribution in [-0.2, 0) is 4.74 Å². The monoisotopic (exact) mass is 449 g/mol. The van der Waals surface area contributed by atoms with Crippen LogP contribution in [0.4, 0.5) is 10.6 Å². The van der Waals surface area contributed by atoms with Crippen LogP contribution in [0.25, 0.3) is 10.8 Å². The second-order valence-electron chi connectivity index (χ2n) is 9.32. The highest BCUT2D eigenvalue weighted by atomic mass is 32.2. The predicted octanol–water partition coefficient (Wildman–Crippen LogP) is 6.06. The molecule has 0 bridgehead atoms. The Morgan fingerprint density at radius 3 is 2.31 bits per heavy atom. The number of nitrogens with zero attached hydrogens (tertiary/aromatic N) is 3. The van der Waals surface area contributed by atoms with Crippen molar-refractivity contribution in [3.63, 3.8) is 0 Å². The molecule has 1 saturated heterocycles. The van der Waals surface area contributed by atoms with Crippen molar-refractivity contribution in [3.8, 4) is 0 Å². The van der Waals surface area contributed by atoms with Gasteiger partial charge >= 0.3 is 6.09 Å². The average Bonchev–Trinajstić information content (AvgIpc) is 2.75. The van der Waals surface area contributed by atoms with Gasteiger partial charge in [-0.15, -0.1) is 0 Å². The molecule has 0 spiro atoms. The number of benzene rings is 2. The minimum atomic E-state index is -0.477. The number of piperazine rings is 1. The Labute approximate surface area is 194 Å². The molecule has 0 N–H and O–H groups in total. The van der Waals surface area contributed by atoms with Gasteiger partial charge in [0, 0.05) is 47.6 Å². The van der Waals surface area contributed by atoms with Gasteiger partial charge in [0.1, 0.15) is 11.4 Å². The Bertz CT molecular complexity index is 1130. The zero-order valence-electron chi connectivity index (χ0n) is 19.5. The molecule has 1 aliphatic heterocycles. The molecule has 1 aromatic heterocycles. The standard InChI is InChI=1S/C26H31N3O2S/c1-18-6-8-21(16-19(18)2)32-22-9-7-20-10-11-27-24(23(20)17-22)28-12-14-29(15-13-28)25(30)31-26(3,4)5/h6-11,16-17H,12-15H2,1-5H3. The molecule has 2 heterocycles. The third-order valence-electron chi connectivity index (χ3n) is 5.66. The predicted molar refractivity (Wildman–Crippen MR) is 132 cm³/mol. The van der Waals surface area contributed by atoms with Crippen LogP contribution in [0.15, 0.2) is 58.5 Å². The molecule has 1 amide bonds. The summed E-state index contributed by atoms with van der Waals surface area (Å²) in [5.74, 6) is 0.980. The summed E-state index contributed by atoms with van der Waals surface area (Å²) in [5.41, 5.74) is 2.14. The summed E-state index contributed by atoms with van der Waals surface area (Å²) in [7, 11) is 0. The van der Waals surface area contributed by atoms with E-state index in [2.05, 4.69) is 61.2 Å². The fourth-order valence-electron chi connectivity index (χ4n) is 3.79. The number of anilines is 1. The number of ether oxygens (including phenoxy) is 1. The Balaban J connectivity index is 1.52. The van der Waals surface area contributed by atoms with Gasteiger partial charge in [-0.25, -0.2) is 9.78 Å². The number of carbonyl (C=O) groups excluding carboxylic acids is 1. The van der Waals surface area contributed by atoms with Crippen LogP contribution in [0.1, 0.15) is 31.9 Å². The number of pyridine rings is 1. The molecule has 4 rings (SSSR count). The maximum atomic E-state index is 12.4. The lowest BCUT2D eigenvalue weighted by Gasteiger charge is -2.36. The van der Waals surface area contributed by atoms with Crippen molar-refractivity contribution in [2.75, 3.05) is 31.1 Å².